The van der Waals surface area contributed by atoms with Crippen LogP contribution in [0.25, 0.3) is 5.69 Å². The van der Waals surface area contributed by atoms with Crippen molar-refractivity contribution < 1.29 is 4.79 Å². The summed E-state index contributed by atoms with van der Waals surface area (Å²) < 4.78 is 1.57. The predicted molar refractivity (Wildman–Crippen MR) is 111 cm³/mol. The van der Waals surface area contributed by atoms with Crippen LogP contribution in [0.1, 0.15) is 46.2 Å². The molecule has 0 fully saturated rings. The number of nitrogens with zero attached hydrogens (tertiary/aromatic N) is 2. The van der Waals surface area contributed by atoms with Gasteiger partial charge in [-0.1, -0.05) is 39.8 Å². The molecule has 2 rings (SSSR count). The summed E-state index contributed by atoms with van der Waals surface area (Å²) in [6, 6.07) is 7.27. The lowest BCUT2D eigenvalue weighted by molar-refractivity contribution is 0.205. The van der Waals surface area contributed by atoms with E-state index in [0.29, 0.717) is 23.2 Å². The van der Waals surface area contributed by atoms with Crippen molar-refractivity contribution in [3.8, 4) is 5.69 Å². The van der Waals surface area contributed by atoms with Crippen molar-refractivity contribution in [2.45, 2.75) is 47.5 Å². The fourth-order valence-electron chi connectivity index (χ4n) is 2.87. The third-order valence-corrected chi connectivity index (χ3v) is 4.59. The Morgan fingerprint density at radius 1 is 1.11 bits per heavy atom. The van der Waals surface area contributed by atoms with Crippen LogP contribution in [0.5, 0.6) is 0 Å². The minimum atomic E-state index is -0.217. The number of amides is 2. The minimum Gasteiger partial charge on any atom is -0.325 e. The number of rotatable bonds is 8. The van der Waals surface area contributed by atoms with E-state index in [1.807, 2.05) is 36.1 Å². The molecular weight excluding hydrogens is 340 g/mol. The summed E-state index contributed by atoms with van der Waals surface area (Å²) in [6.45, 7) is 11.9. The molecule has 0 atom stereocenters. The molecule has 0 unspecified atom stereocenters. The first-order valence-corrected chi connectivity index (χ1v) is 9.72. The van der Waals surface area contributed by atoms with Crippen molar-refractivity contribution in [3.05, 3.63) is 46.6 Å². The summed E-state index contributed by atoms with van der Waals surface area (Å²) in [5, 5.41) is 3.01. The number of benzene rings is 1. The SMILES string of the molecule is Cc1c[nH]c(=O)n1-c1ccccc1NC(=O)N(CCC(C)C)CCC(C)C. The molecule has 0 saturated carbocycles. The zero-order valence-corrected chi connectivity index (χ0v) is 17.1. The lowest BCUT2D eigenvalue weighted by Gasteiger charge is -2.25. The van der Waals surface area contributed by atoms with Crippen LogP contribution in [0.3, 0.4) is 0 Å². The fraction of sp³-hybridized carbons (Fsp3) is 0.524. The number of aromatic nitrogens is 2. The third-order valence-electron chi connectivity index (χ3n) is 4.59. The van der Waals surface area contributed by atoms with E-state index in [9.17, 15) is 9.59 Å². The number of carbonyl (C=O) groups excluding carboxylic acids is 1. The first kappa shape index (κ1) is 20.8. The van der Waals surface area contributed by atoms with Gasteiger partial charge >= 0.3 is 11.7 Å². The van der Waals surface area contributed by atoms with Crippen LogP contribution in [0.2, 0.25) is 0 Å². The van der Waals surface area contributed by atoms with Crippen molar-refractivity contribution in [1.82, 2.24) is 14.5 Å². The Kier molecular flexibility index (Phi) is 7.28. The minimum absolute atomic E-state index is 0.120. The molecule has 2 amide bonds. The fourth-order valence-corrected chi connectivity index (χ4v) is 2.87. The molecule has 6 nitrogen and oxygen atoms in total. The topological polar surface area (TPSA) is 70.1 Å². The zero-order valence-electron chi connectivity index (χ0n) is 17.1. The van der Waals surface area contributed by atoms with Crippen LogP contribution in [0, 0.1) is 18.8 Å². The monoisotopic (exact) mass is 372 g/mol. The van der Waals surface area contributed by atoms with Crippen molar-refractivity contribution in [2.24, 2.45) is 11.8 Å². The van der Waals surface area contributed by atoms with Gasteiger partial charge in [0.1, 0.15) is 0 Å². The van der Waals surface area contributed by atoms with Gasteiger partial charge in [-0.15, -0.1) is 0 Å². The van der Waals surface area contributed by atoms with Crippen LogP contribution < -0.4 is 11.0 Å². The van der Waals surface area contributed by atoms with Gasteiger partial charge in [0.15, 0.2) is 0 Å². The quantitative estimate of drug-likeness (QED) is 0.721. The summed E-state index contributed by atoms with van der Waals surface area (Å²) >= 11 is 0. The molecule has 0 radical (unpaired) electrons. The van der Waals surface area contributed by atoms with Gasteiger partial charge in [-0.05, 0) is 43.7 Å². The molecule has 148 valence electrons. The van der Waals surface area contributed by atoms with E-state index in [1.165, 1.54) is 0 Å². The highest BCUT2D eigenvalue weighted by molar-refractivity contribution is 5.91. The maximum absolute atomic E-state index is 12.9. The van der Waals surface area contributed by atoms with Gasteiger partial charge < -0.3 is 15.2 Å². The number of hydrogen-bond acceptors (Lipinski definition) is 2. The second kappa shape index (κ2) is 9.44. The number of hydrogen-bond donors (Lipinski definition) is 2. The number of imidazole rings is 1. The van der Waals surface area contributed by atoms with Crippen LogP contribution in [-0.2, 0) is 0 Å². The summed E-state index contributed by atoms with van der Waals surface area (Å²) in [7, 11) is 0. The van der Waals surface area contributed by atoms with E-state index >= 15 is 0 Å². The number of carbonyl (C=O) groups is 1. The number of para-hydroxylation sites is 2. The first-order valence-electron chi connectivity index (χ1n) is 9.72. The van der Waals surface area contributed by atoms with E-state index in [0.717, 1.165) is 31.6 Å². The number of aromatic amines is 1. The van der Waals surface area contributed by atoms with Crippen molar-refractivity contribution in [3.63, 3.8) is 0 Å². The van der Waals surface area contributed by atoms with E-state index in [2.05, 4.69) is 38.0 Å². The molecular formula is C21H32N4O2. The Morgan fingerprint density at radius 3 is 2.22 bits per heavy atom. The largest absolute Gasteiger partial charge is 0.330 e. The number of H-pyrrole nitrogens is 1. The summed E-state index contributed by atoms with van der Waals surface area (Å²) in [5.41, 5.74) is 1.87. The molecule has 0 bridgehead atoms. The van der Waals surface area contributed by atoms with Crippen molar-refractivity contribution in [1.29, 1.82) is 0 Å². The molecule has 1 aromatic carbocycles. The number of urea groups is 1. The number of anilines is 1. The van der Waals surface area contributed by atoms with Gasteiger partial charge in [-0.2, -0.15) is 0 Å². The molecule has 0 saturated heterocycles. The van der Waals surface area contributed by atoms with Crippen LogP contribution in [0.4, 0.5) is 10.5 Å². The molecule has 1 aromatic heterocycles. The molecule has 0 spiro atoms. The zero-order chi connectivity index (χ0) is 20.0. The van der Waals surface area contributed by atoms with Crippen LogP contribution in [-0.4, -0.2) is 33.6 Å². The second-order valence-corrected chi connectivity index (χ2v) is 7.87. The first-order chi connectivity index (χ1) is 12.8. The van der Waals surface area contributed by atoms with E-state index in [4.69, 9.17) is 0 Å². The lowest BCUT2D eigenvalue weighted by Crippen LogP contribution is -2.37. The molecule has 27 heavy (non-hydrogen) atoms. The summed E-state index contributed by atoms with van der Waals surface area (Å²) in [6.07, 6.45) is 3.59. The van der Waals surface area contributed by atoms with Gasteiger partial charge in [0.05, 0.1) is 11.4 Å². The molecule has 0 aliphatic carbocycles. The molecule has 2 aromatic rings. The Balaban J connectivity index is 2.23. The Bertz CT molecular complexity index is 793. The molecule has 0 aliphatic heterocycles. The van der Waals surface area contributed by atoms with Gasteiger partial charge in [0.25, 0.3) is 0 Å². The van der Waals surface area contributed by atoms with E-state index < -0.39 is 0 Å². The van der Waals surface area contributed by atoms with Gasteiger partial charge in [-0.25, -0.2) is 9.59 Å². The number of nitrogens with one attached hydrogen (secondary N) is 2. The van der Waals surface area contributed by atoms with E-state index in [-0.39, 0.29) is 11.7 Å². The lowest BCUT2D eigenvalue weighted by atomic mass is 10.1. The molecule has 6 heteroatoms. The Labute approximate surface area is 161 Å². The van der Waals surface area contributed by atoms with Crippen molar-refractivity contribution in [2.75, 3.05) is 18.4 Å². The standard InChI is InChI=1S/C21H32N4O2/c1-15(2)10-12-24(13-11-16(3)4)21(27)23-18-8-6-7-9-19(18)25-17(5)14-22-20(25)26/h6-9,14-16H,10-13H2,1-5H3,(H,22,26)(H,23,27). The molecule has 0 aliphatic rings. The molecule has 2 N–H and O–H groups in total. The van der Waals surface area contributed by atoms with Gasteiger partial charge in [0, 0.05) is 25.0 Å². The number of aryl methyl sites for hydroxylation is 1. The van der Waals surface area contributed by atoms with Crippen LogP contribution in [0.15, 0.2) is 35.3 Å². The highest BCUT2D eigenvalue weighted by Crippen LogP contribution is 2.20. The van der Waals surface area contributed by atoms with Crippen molar-refractivity contribution >= 4 is 11.7 Å². The Morgan fingerprint density at radius 2 is 1.70 bits per heavy atom. The maximum Gasteiger partial charge on any atom is 0.330 e. The van der Waals surface area contributed by atoms with Crippen LogP contribution >= 0.6 is 0 Å². The molecule has 1 heterocycles. The average Bonchev–Trinajstić information content (AvgIpc) is 2.93. The maximum atomic E-state index is 12.9. The highest BCUT2D eigenvalue weighted by Gasteiger charge is 2.17. The normalized spacial score (nSPS) is 11.2. The summed E-state index contributed by atoms with van der Waals surface area (Å²) in [5.74, 6) is 1.07. The Hall–Kier alpha value is -2.50. The van der Waals surface area contributed by atoms with E-state index in [1.54, 1.807) is 10.8 Å². The summed E-state index contributed by atoms with van der Waals surface area (Å²) in [4.78, 5) is 29.7. The highest BCUT2D eigenvalue weighted by atomic mass is 16.2. The van der Waals surface area contributed by atoms with Gasteiger partial charge in [0.2, 0.25) is 0 Å². The second-order valence-electron chi connectivity index (χ2n) is 7.87. The third kappa shape index (κ3) is 5.74. The predicted octanol–water partition coefficient (Wildman–Crippen LogP) is 4.40. The smallest absolute Gasteiger partial charge is 0.325 e. The van der Waals surface area contributed by atoms with Gasteiger partial charge in [-0.3, -0.25) is 4.57 Å². The average molecular weight is 373 g/mol.